The lowest BCUT2D eigenvalue weighted by molar-refractivity contribution is -0.138. The molecule has 1 atom stereocenters. The first-order chi connectivity index (χ1) is 9.86. The Morgan fingerprint density at radius 1 is 1.19 bits per heavy atom. The van der Waals surface area contributed by atoms with Crippen LogP contribution in [0.25, 0.3) is 0 Å². The molecule has 0 radical (unpaired) electrons. The molecule has 0 aliphatic heterocycles. The van der Waals surface area contributed by atoms with Crippen LogP contribution in [0.1, 0.15) is 17.2 Å². The molecular formula is C15H12BrF2NO2. The smallest absolute Gasteiger partial charge is 0.330 e. The molecule has 0 heterocycles. The Balaban J connectivity index is 2.40. The van der Waals surface area contributed by atoms with E-state index in [-0.39, 0.29) is 5.56 Å². The molecule has 21 heavy (non-hydrogen) atoms. The lowest BCUT2D eigenvalue weighted by Gasteiger charge is -2.18. The zero-order valence-corrected chi connectivity index (χ0v) is 12.6. The van der Waals surface area contributed by atoms with Gasteiger partial charge in [-0.25, -0.2) is 13.6 Å². The first kappa shape index (κ1) is 15.4. The van der Waals surface area contributed by atoms with Crippen molar-refractivity contribution in [3.63, 3.8) is 0 Å². The number of anilines is 1. The Bertz CT molecular complexity index is 671. The van der Waals surface area contributed by atoms with Gasteiger partial charge in [-0.3, -0.25) is 0 Å². The number of benzene rings is 2. The molecule has 0 aliphatic carbocycles. The van der Waals surface area contributed by atoms with Gasteiger partial charge in [0.2, 0.25) is 0 Å². The minimum absolute atomic E-state index is 0.226. The normalized spacial score (nSPS) is 12.0. The van der Waals surface area contributed by atoms with Gasteiger partial charge >= 0.3 is 5.97 Å². The van der Waals surface area contributed by atoms with Gasteiger partial charge in [0.1, 0.15) is 11.6 Å². The highest BCUT2D eigenvalue weighted by Crippen LogP contribution is 2.28. The molecule has 0 aromatic heterocycles. The fraction of sp³-hybridized carbons (Fsp3) is 0.133. The van der Waals surface area contributed by atoms with Gasteiger partial charge in [0.15, 0.2) is 6.04 Å². The van der Waals surface area contributed by atoms with Gasteiger partial charge in [-0.05, 0) is 48.9 Å². The maximum atomic E-state index is 13.4. The van der Waals surface area contributed by atoms with E-state index in [1.807, 2.05) is 0 Å². The number of rotatable bonds is 4. The van der Waals surface area contributed by atoms with Crippen LogP contribution in [0.3, 0.4) is 0 Å². The predicted molar refractivity (Wildman–Crippen MR) is 79.2 cm³/mol. The zero-order valence-electron chi connectivity index (χ0n) is 11.0. The third-order valence-corrected chi connectivity index (χ3v) is 3.59. The molecule has 0 spiro atoms. The van der Waals surface area contributed by atoms with Gasteiger partial charge < -0.3 is 10.4 Å². The molecule has 0 aliphatic rings. The summed E-state index contributed by atoms with van der Waals surface area (Å²) in [6, 6.07) is 6.72. The lowest BCUT2D eigenvalue weighted by Crippen LogP contribution is -2.21. The van der Waals surface area contributed by atoms with Crippen molar-refractivity contribution in [2.75, 3.05) is 5.32 Å². The number of carboxylic acid groups (broad SMARTS) is 1. The van der Waals surface area contributed by atoms with Crippen LogP contribution in [0, 0.1) is 18.6 Å². The maximum absolute atomic E-state index is 13.4. The van der Waals surface area contributed by atoms with Gasteiger partial charge in [-0.2, -0.15) is 0 Å². The summed E-state index contributed by atoms with van der Waals surface area (Å²) < 4.78 is 27.2. The van der Waals surface area contributed by atoms with Crippen LogP contribution in [-0.4, -0.2) is 11.1 Å². The number of carbonyl (C=O) groups is 1. The van der Waals surface area contributed by atoms with Crippen LogP contribution < -0.4 is 5.32 Å². The Hall–Kier alpha value is -1.95. The minimum Gasteiger partial charge on any atom is -0.479 e. The molecular weight excluding hydrogens is 344 g/mol. The summed E-state index contributed by atoms with van der Waals surface area (Å²) in [5, 5.41) is 12.1. The summed E-state index contributed by atoms with van der Waals surface area (Å²) in [5.74, 6) is -2.21. The minimum atomic E-state index is -1.20. The van der Waals surface area contributed by atoms with Crippen LogP contribution >= 0.6 is 15.9 Å². The summed E-state index contributed by atoms with van der Waals surface area (Å²) in [5.41, 5.74) is 1.19. The van der Waals surface area contributed by atoms with E-state index in [1.54, 1.807) is 13.0 Å². The van der Waals surface area contributed by atoms with Crippen molar-refractivity contribution in [1.29, 1.82) is 0 Å². The number of hydrogen-bond acceptors (Lipinski definition) is 2. The number of carboxylic acids is 1. The lowest BCUT2D eigenvalue weighted by atomic mass is 10.1. The number of halogens is 3. The molecule has 0 saturated carbocycles. The zero-order chi connectivity index (χ0) is 15.6. The van der Waals surface area contributed by atoms with Crippen molar-refractivity contribution >= 4 is 27.6 Å². The highest BCUT2D eigenvalue weighted by Gasteiger charge is 2.23. The molecule has 2 aromatic rings. The van der Waals surface area contributed by atoms with E-state index in [2.05, 4.69) is 21.2 Å². The molecule has 6 heteroatoms. The second-order valence-corrected chi connectivity index (χ2v) is 5.45. The first-order valence-electron chi connectivity index (χ1n) is 6.08. The van der Waals surface area contributed by atoms with Crippen molar-refractivity contribution in [2.45, 2.75) is 13.0 Å². The number of hydrogen-bond donors (Lipinski definition) is 2. The van der Waals surface area contributed by atoms with Crippen LogP contribution in [0.4, 0.5) is 14.5 Å². The molecule has 110 valence electrons. The Labute approximate surface area is 128 Å². The summed E-state index contributed by atoms with van der Waals surface area (Å²) in [6.07, 6.45) is 0. The predicted octanol–water partition coefficient (Wildman–Crippen LogP) is 4.27. The molecule has 3 nitrogen and oxygen atoms in total. The molecule has 2 rings (SSSR count). The van der Waals surface area contributed by atoms with E-state index in [0.29, 0.717) is 15.7 Å². The highest BCUT2D eigenvalue weighted by molar-refractivity contribution is 9.10. The Kier molecular flexibility index (Phi) is 4.57. The third kappa shape index (κ3) is 3.78. The van der Waals surface area contributed by atoms with E-state index in [0.717, 1.165) is 6.07 Å². The molecule has 0 fully saturated rings. The molecule has 0 saturated heterocycles. The molecule has 2 N–H and O–H groups in total. The van der Waals surface area contributed by atoms with Crippen molar-refractivity contribution in [2.24, 2.45) is 0 Å². The first-order valence-corrected chi connectivity index (χ1v) is 6.87. The van der Waals surface area contributed by atoms with Gasteiger partial charge in [-0.15, -0.1) is 0 Å². The van der Waals surface area contributed by atoms with Crippen LogP contribution in [0.2, 0.25) is 0 Å². The van der Waals surface area contributed by atoms with Crippen molar-refractivity contribution < 1.29 is 18.7 Å². The molecule has 0 amide bonds. The van der Waals surface area contributed by atoms with E-state index in [4.69, 9.17) is 0 Å². The molecule has 1 unspecified atom stereocenters. The largest absolute Gasteiger partial charge is 0.479 e. The van der Waals surface area contributed by atoms with Crippen LogP contribution in [0.5, 0.6) is 0 Å². The number of nitrogens with one attached hydrogen (secondary N) is 1. The second kappa shape index (κ2) is 6.22. The maximum Gasteiger partial charge on any atom is 0.330 e. The summed E-state index contributed by atoms with van der Waals surface area (Å²) in [4.78, 5) is 11.4. The van der Waals surface area contributed by atoms with E-state index in [9.17, 15) is 18.7 Å². The molecule has 0 bridgehead atoms. The second-order valence-electron chi connectivity index (χ2n) is 4.60. The van der Waals surface area contributed by atoms with Gasteiger partial charge in [0, 0.05) is 15.7 Å². The van der Waals surface area contributed by atoms with E-state index >= 15 is 0 Å². The fourth-order valence-electron chi connectivity index (χ4n) is 1.99. The Morgan fingerprint density at radius 3 is 2.52 bits per heavy atom. The SMILES string of the molecule is Cc1cc(F)cc(NC(C(=O)O)c2cc(F)ccc2Br)c1. The standard InChI is InChI=1S/C15H12BrF2NO2/c1-8-4-10(18)6-11(5-8)19-14(15(20)21)12-7-9(17)2-3-13(12)16/h2-7,14,19H,1H3,(H,20,21). The fourth-order valence-corrected chi connectivity index (χ4v) is 2.47. The van der Waals surface area contributed by atoms with E-state index in [1.165, 1.54) is 24.3 Å². The van der Waals surface area contributed by atoms with Crippen LogP contribution in [-0.2, 0) is 4.79 Å². The average Bonchev–Trinajstić information content (AvgIpc) is 2.37. The third-order valence-electron chi connectivity index (χ3n) is 2.87. The summed E-state index contributed by atoms with van der Waals surface area (Å²) in [7, 11) is 0. The van der Waals surface area contributed by atoms with Gasteiger partial charge in [-0.1, -0.05) is 15.9 Å². The molecule has 2 aromatic carbocycles. The van der Waals surface area contributed by atoms with Crippen LogP contribution in [0.15, 0.2) is 40.9 Å². The summed E-state index contributed by atoms with van der Waals surface area (Å²) >= 11 is 3.20. The summed E-state index contributed by atoms with van der Waals surface area (Å²) in [6.45, 7) is 1.70. The number of aliphatic carboxylic acids is 1. The quantitative estimate of drug-likeness (QED) is 0.860. The average molecular weight is 356 g/mol. The van der Waals surface area contributed by atoms with Crippen molar-refractivity contribution in [3.05, 3.63) is 63.6 Å². The Morgan fingerprint density at radius 2 is 1.90 bits per heavy atom. The van der Waals surface area contributed by atoms with Gasteiger partial charge in [0.25, 0.3) is 0 Å². The monoisotopic (exact) mass is 355 g/mol. The highest BCUT2D eigenvalue weighted by atomic mass is 79.9. The van der Waals surface area contributed by atoms with Crippen molar-refractivity contribution in [3.8, 4) is 0 Å². The van der Waals surface area contributed by atoms with Gasteiger partial charge in [0.05, 0.1) is 0 Å². The number of aryl methyl sites for hydroxylation is 1. The topological polar surface area (TPSA) is 49.3 Å². The van der Waals surface area contributed by atoms with Crippen molar-refractivity contribution in [1.82, 2.24) is 0 Å². The van der Waals surface area contributed by atoms with E-state index < -0.39 is 23.6 Å².